The standard InChI is InChI=1S/C23H36N4O5S/c1-4-25(5-2)23(29)26-15-11-18(12-16-26)22(28)24-19-9-10-20(32-6-3)21(17-19)33(30,31)27-13-7-8-14-27/h9-10,17-18H,4-8,11-16H2,1-3H3,(H,24,28). The molecule has 0 spiro atoms. The molecule has 3 amide bonds. The Labute approximate surface area is 197 Å². The molecule has 184 valence electrons. The van der Waals surface area contributed by atoms with E-state index in [-0.39, 0.29) is 22.8 Å². The summed E-state index contributed by atoms with van der Waals surface area (Å²) in [6.07, 6.45) is 2.84. The minimum atomic E-state index is -3.70. The number of ether oxygens (including phenoxy) is 1. The Morgan fingerprint density at radius 3 is 2.27 bits per heavy atom. The van der Waals surface area contributed by atoms with Crippen molar-refractivity contribution < 1.29 is 22.7 Å². The van der Waals surface area contributed by atoms with Crippen LogP contribution in [0.4, 0.5) is 10.5 Å². The summed E-state index contributed by atoms with van der Waals surface area (Å²) in [5.74, 6) is -0.0831. The Hall–Kier alpha value is -2.33. The molecule has 0 radical (unpaired) electrons. The van der Waals surface area contributed by atoms with Gasteiger partial charge >= 0.3 is 6.03 Å². The lowest BCUT2D eigenvalue weighted by Crippen LogP contribution is -2.47. The first-order valence-corrected chi connectivity index (χ1v) is 13.4. The molecule has 1 N–H and O–H groups in total. The Morgan fingerprint density at radius 1 is 1.06 bits per heavy atom. The summed E-state index contributed by atoms with van der Waals surface area (Å²) in [7, 11) is -3.70. The highest BCUT2D eigenvalue weighted by atomic mass is 32.2. The van der Waals surface area contributed by atoms with Gasteiger partial charge in [-0.15, -0.1) is 0 Å². The number of amides is 3. The molecule has 3 rings (SSSR count). The Balaban J connectivity index is 1.68. The second kappa shape index (κ2) is 11.2. The van der Waals surface area contributed by atoms with E-state index in [0.29, 0.717) is 70.2 Å². The number of urea groups is 1. The van der Waals surface area contributed by atoms with Crippen LogP contribution in [0.2, 0.25) is 0 Å². The van der Waals surface area contributed by atoms with Crippen molar-refractivity contribution in [3.8, 4) is 5.75 Å². The highest BCUT2D eigenvalue weighted by Crippen LogP contribution is 2.32. The van der Waals surface area contributed by atoms with Gasteiger partial charge < -0.3 is 19.9 Å². The SMILES string of the molecule is CCOc1ccc(NC(=O)C2CCN(C(=O)N(CC)CC)CC2)cc1S(=O)(=O)N1CCCC1. The number of piperidine rings is 1. The fourth-order valence-corrected chi connectivity index (χ4v) is 6.08. The van der Waals surface area contributed by atoms with Gasteiger partial charge in [-0.05, 0) is 64.7 Å². The number of nitrogens with one attached hydrogen (secondary N) is 1. The Bertz CT molecular complexity index is 934. The van der Waals surface area contributed by atoms with Gasteiger partial charge in [-0.1, -0.05) is 0 Å². The third-order valence-corrected chi connectivity index (χ3v) is 8.28. The first kappa shape index (κ1) is 25.3. The van der Waals surface area contributed by atoms with Crippen molar-refractivity contribution in [1.82, 2.24) is 14.1 Å². The predicted molar refractivity (Wildman–Crippen MR) is 127 cm³/mol. The van der Waals surface area contributed by atoms with E-state index >= 15 is 0 Å². The number of hydrogen-bond acceptors (Lipinski definition) is 5. The van der Waals surface area contributed by atoms with Crippen LogP contribution >= 0.6 is 0 Å². The quantitative estimate of drug-likeness (QED) is 0.617. The summed E-state index contributed by atoms with van der Waals surface area (Å²) in [5, 5.41) is 2.88. The van der Waals surface area contributed by atoms with Gasteiger partial charge in [-0.2, -0.15) is 4.31 Å². The average Bonchev–Trinajstić information content (AvgIpc) is 3.37. The van der Waals surface area contributed by atoms with Gasteiger partial charge in [-0.25, -0.2) is 13.2 Å². The van der Waals surface area contributed by atoms with Crippen LogP contribution in [0, 0.1) is 5.92 Å². The third kappa shape index (κ3) is 5.78. The minimum absolute atomic E-state index is 0.0159. The van der Waals surface area contributed by atoms with Crippen LogP contribution < -0.4 is 10.1 Å². The number of likely N-dealkylation sites (tertiary alicyclic amines) is 1. The summed E-state index contributed by atoms with van der Waals surface area (Å²) in [6.45, 7) is 9.44. The van der Waals surface area contributed by atoms with Crippen LogP contribution in [0.5, 0.6) is 5.75 Å². The van der Waals surface area contributed by atoms with Crippen molar-refractivity contribution in [2.45, 2.75) is 51.3 Å². The summed E-state index contributed by atoms with van der Waals surface area (Å²) < 4.78 is 33.4. The average molecular weight is 481 g/mol. The van der Waals surface area contributed by atoms with Crippen LogP contribution in [0.25, 0.3) is 0 Å². The molecule has 10 heteroatoms. The fourth-order valence-electron chi connectivity index (χ4n) is 4.40. The van der Waals surface area contributed by atoms with E-state index in [1.807, 2.05) is 13.8 Å². The molecule has 9 nitrogen and oxygen atoms in total. The molecule has 0 saturated carbocycles. The van der Waals surface area contributed by atoms with Gasteiger partial charge in [-0.3, -0.25) is 4.79 Å². The molecule has 2 heterocycles. The van der Waals surface area contributed by atoms with Gasteiger partial charge in [0.15, 0.2) is 0 Å². The predicted octanol–water partition coefficient (Wildman–Crippen LogP) is 2.98. The molecule has 0 bridgehead atoms. The van der Waals surface area contributed by atoms with Gasteiger partial charge in [0.2, 0.25) is 15.9 Å². The molecule has 0 aliphatic carbocycles. The summed E-state index contributed by atoms with van der Waals surface area (Å²) in [4.78, 5) is 29.1. The monoisotopic (exact) mass is 480 g/mol. The smallest absolute Gasteiger partial charge is 0.319 e. The second-order valence-corrected chi connectivity index (χ2v) is 10.3. The van der Waals surface area contributed by atoms with E-state index in [0.717, 1.165) is 12.8 Å². The Morgan fingerprint density at radius 2 is 1.70 bits per heavy atom. The number of nitrogens with zero attached hydrogens (tertiary/aromatic N) is 3. The Kier molecular flexibility index (Phi) is 8.58. The van der Waals surface area contributed by atoms with Crippen LogP contribution in [0.15, 0.2) is 23.1 Å². The molecule has 1 aromatic rings. The molecule has 0 atom stereocenters. The molecule has 2 aliphatic rings. The zero-order valence-electron chi connectivity index (χ0n) is 19.9. The molecule has 33 heavy (non-hydrogen) atoms. The van der Waals surface area contributed by atoms with Crippen molar-refractivity contribution >= 4 is 27.6 Å². The maximum atomic E-state index is 13.2. The number of hydrogen-bond donors (Lipinski definition) is 1. The molecular formula is C23H36N4O5S. The second-order valence-electron chi connectivity index (χ2n) is 8.41. The van der Waals surface area contributed by atoms with Crippen molar-refractivity contribution in [3.63, 3.8) is 0 Å². The van der Waals surface area contributed by atoms with E-state index in [1.165, 1.54) is 10.4 Å². The first-order chi connectivity index (χ1) is 15.8. The molecule has 2 aliphatic heterocycles. The normalized spacial score (nSPS) is 17.7. The van der Waals surface area contributed by atoms with Crippen molar-refractivity contribution in [2.24, 2.45) is 5.92 Å². The number of carbonyl (C=O) groups is 2. The number of benzene rings is 1. The highest BCUT2D eigenvalue weighted by molar-refractivity contribution is 7.89. The zero-order chi connectivity index (χ0) is 24.0. The number of carbonyl (C=O) groups excluding carboxylic acids is 2. The molecule has 1 aromatic carbocycles. The molecule has 0 aromatic heterocycles. The zero-order valence-corrected chi connectivity index (χ0v) is 20.7. The fraction of sp³-hybridized carbons (Fsp3) is 0.652. The lowest BCUT2D eigenvalue weighted by atomic mass is 9.96. The minimum Gasteiger partial charge on any atom is -0.492 e. The van der Waals surface area contributed by atoms with E-state index < -0.39 is 10.0 Å². The topological polar surface area (TPSA) is 99.3 Å². The number of sulfonamides is 1. The summed E-state index contributed by atoms with van der Waals surface area (Å²) in [5.41, 5.74) is 0.433. The lowest BCUT2D eigenvalue weighted by Gasteiger charge is -2.34. The lowest BCUT2D eigenvalue weighted by molar-refractivity contribution is -0.121. The van der Waals surface area contributed by atoms with Crippen molar-refractivity contribution in [2.75, 3.05) is 51.2 Å². The maximum Gasteiger partial charge on any atom is 0.319 e. The number of anilines is 1. The van der Waals surface area contributed by atoms with E-state index in [2.05, 4.69) is 5.32 Å². The van der Waals surface area contributed by atoms with Crippen molar-refractivity contribution in [3.05, 3.63) is 18.2 Å². The summed E-state index contributed by atoms with van der Waals surface area (Å²) in [6, 6.07) is 4.79. The van der Waals surface area contributed by atoms with Crippen molar-refractivity contribution in [1.29, 1.82) is 0 Å². The van der Waals surface area contributed by atoms with Crippen LogP contribution in [-0.2, 0) is 14.8 Å². The largest absolute Gasteiger partial charge is 0.492 e. The highest BCUT2D eigenvalue weighted by Gasteiger charge is 2.32. The van der Waals surface area contributed by atoms with Gasteiger partial charge in [0.25, 0.3) is 0 Å². The first-order valence-electron chi connectivity index (χ1n) is 11.9. The van der Waals surface area contributed by atoms with Crippen LogP contribution in [-0.4, -0.2) is 80.3 Å². The van der Waals surface area contributed by atoms with E-state index in [4.69, 9.17) is 4.74 Å². The van der Waals surface area contributed by atoms with E-state index in [9.17, 15) is 18.0 Å². The van der Waals surface area contributed by atoms with Crippen LogP contribution in [0.1, 0.15) is 46.5 Å². The van der Waals surface area contributed by atoms with Gasteiger partial charge in [0.05, 0.1) is 6.61 Å². The molecular weight excluding hydrogens is 444 g/mol. The molecule has 0 unspecified atom stereocenters. The molecule has 2 saturated heterocycles. The number of rotatable bonds is 8. The van der Waals surface area contributed by atoms with E-state index in [1.54, 1.807) is 28.9 Å². The third-order valence-electron chi connectivity index (χ3n) is 6.36. The van der Waals surface area contributed by atoms with Crippen LogP contribution in [0.3, 0.4) is 0 Å². The van der Waals surface area contributed by atoms with Gasteiger partial charge in [0.1, 0.15) is 10.6 Å². The summed E-state index contributed by atoms with van der Waals surface area (Å²) >= 11 is 0. The van der Waals surface area contributed by atoms with Gasteiger partial charge in [0, 0.05) is 50.9 Å². The maximum absolute atomic E-state index is 13.2. The molecule has 2 fully saturated rings.